The van der Waals surface area contributed by atoms with Gasteiger partial charge in [0.2, 0.25) is 11.9 Å². The molecule has 30 heavy (non-hydrogen) atoms. The molecule has 8 heteroatoms. The molecule has 1 fully saturated rings. The van der Waals surface area contributed by atoms with E-state index in [1.807, 2.05) is 18.9 Å². The fourth-order valence-electron chi connectivity index (χ4n) is 3.67. The average molecular weight is 418 g/mol. The number of amides is 1. The van der Waals surface area contributed by atoms with Crippen molar-refractivity contribution in [2.45, 2.75) is 40.7 Å². The minimum atomic E-state index is -0.262. The molecule has 0 unspecified atom stereocenters. The number of halogens is 1. The third-order valence-corrected chi connectivity index (χ3v) is 5.26. The van der Waals surface area contributed by atoms with Gasteiger partial charge in [0.05, 0.1) is 19.3 Å². The van der Waals surface area contributed by atoms with Crippen molar-refractivity contribution < 1.29 is 13.9 Å². The monoisotopic (exact) mass is 417 g/mol. The summed E-state index contributed by atoms with van der Waals surface area (Å²) in [6.07, 6.45) is 3.66. The Morgan fingerprint density at radius 1 is 1.23 bits per heavy atom. The Bertz CT molecular complexity index is 855. The van der Waals surface area contributed by atoms with E-state index in [1.54, 1.807) is 23.2 Å². The summed E-state index contributed by atoms with van der Waals surface area (Å²) in [7, 11) is 1.87. The first-order chi connectivity index (χ1) is 13.5. The molecule has 1 aliphatic heterocycles. The maximum Gasteiger partial charge on any atom is 0.246 e. The Balaban J connectivity index is 0.00000160. The molecular formula is C22H32FN5O2. The van der Waals surface area contributed by atoms with Gasteiger partial charge in [-0.2, -0.15) is 4.98 Å². The predicted molar refractivity (Wildman–Crippen MR) is 119 cm³/mol. The molecule has 1 N–H and O–H groups in total. The number of aromatic nitrogens is 2. The molecule has 0 bridgehead atoms. The van der Waals surface area contributed by atoms with Crippen molar-refractivity contribution in [1.29, 1.82) is 0 Å². The maximum absolute atomic E-state index is 12.9. The van der Waals surface area contributed by atoms with E-state index in [9.17, 15) is 9.18 Å². The normalized spacial score (nSPS) is 19.8. The van der Waals surface area contributed by atoms with Crippen LogP contribution in [0, 0.1) is 11.7 Å². The summed E-state index contributed by atoms with van der Waals surface area (Å²) in [6, 6.07) is 6.39. The van der Waals surface area contributed by atoms with Gasteiger partial charge in [0.25, 0.3) is 0 Å². The van der Waals surface area contributed by atoms with Crippen molar-refractivity contribution in [2.24, 2.45) is 5.92 Å². The standard InChI is InChI=1S/C20H24FN5O2.2CH4/c1-3-26-17-10-22-20(24-19(17)25(2)11-18(26)27)23-15-8-13(9-15)12-28-16-6-4-14(21)5-7-16;;/h4-7,10,13,15H,3,8-9,11-12H2,1-2H3,(H,22,23,24);2*1H4. The molecule has 2 heterocycles. The number of nitrogens with one attached hydrogen (secondary N) is 1. The van der Waals surface area contributed by atoms with E-state index in [4.69, 9.17) is 4.74 Å². The van der Waals surface area contributed by atoms with E-state index in [-0.39, 0.29) is 26.6 Å². The molecule has 1 saturated carbocycles. The first-order valence-electron chi connectivity index (χ1n) is 9.57. The van der Waals surface area contributed by atoms with Crippen LogP contribution in [0.1, 0.15) is 34.6 Å². The lowest BCUT2D eigenvalue weighted by Crippen LogP contribution is -2.45. The molecular weight excluding hydrogens is 385 g/mol. The number of ether oxygens (including phenoxy) is 1. The van der Waals surface area contributed by atoms with Crippen molar-refractivity contribution in [3.05, 3.63) is 36.3 Å². The van der Waals surface area contributed by atoms with Crippen LogP contribution >= 0.6 is 0 Å². The second-order valence-corrected chi connectivity index (χ2v) is 7.34. The number of fused-ring (bicyclic) bond motifs is 1. The van der Waals surface area contributed by atoms with Gasteiger partial charge >= 0.3 is 0 Å². The van der Waals surface area contributed by atoms with E-state index in [0.29, 0.717) is 43.4 Å². The minimum absolute atomic E-state index is 0. The van der Waals surface area contributed by atoms with Gasteiger partial charge in [-0.3, -0.25) is 4.79 Å². The Morgan fingerprint density at radius 2 is 1.93 bits per heavy atom. The van der Waals surface area contributed by atoms with Gasteiger partial charge in [-0.05, 0) is 49.9 Å². The summed E-state index contributed by atoms with van der Waals surface area (Å²) in [6.45, 7) is 3.49. The smallest absolute Gasteiger partial charge is 0.246 e. The minimum Gasteiger partial charge on any atom is -0.493 e. The summed E-state index contributed by atoms with van der Waals surface area (Å²) in [4.78, 5) is 24.7. The quantitative estimate of drug-likeness (QED) is 0.767. The Kier molecular flexibility index (Phi) is 7.59. The third-order valence-electron chi connectivity index (χ3n) is 5.26. The molecule has 164 valence electrons. The second kappa shape index (κ2) is 9.73. The zero-order chi connectivity index (χ0) is 19.7. The van der Waals surface area contributed by atoms with Gasteiger partial charge in [0.15, 0.2) is 5.82 Å². The molecule has 0 radical (unpaired) electrons. The van der Waals surface area contributed by atoms with Crippen LogP contribution in [0.15, 0.2) is 30.5 Å². The van der Waals surface area contributed by atoms with Crippen LogP contribution in [0.2, 0.25) is 0 Å². The van der Waals surface area contributed by atoms with Crippen LogP contribution in [-0.4, -0.2) is 48.7 Å². The topological polar surface area (TPSA) is 70.6 Å². The predicted octanol–water partition coefficient (Wildman–Crippen LogP) is 3.96. The Labute approximate surface area is 178 Å². The number of likely N-dealkylation sites (N-methyl/N-ethyl adjacent to an activating group) is 2. The second-order valence-electron chi connectivity index (χ2n) is 7.34. The molecule has 2 aliphatic rings. The number of hydrogen-bond acceptors (Lipinski definition) is 6. The Hall–Kier alpha value is -2.90. The average Bonchev–Trinajstić information content (AvgIpc) is 2.65. The van der Waals surface area contributed by atoms with Gasteiger partial charge in [0, 0.05) is 19.6 Å². The zero-order valence-corrected chi connectivity index (χ0v) is 16.1. The highest BCUT2D eigenvalue weighted by Crippen LogP contribution is 2.33. The molecule has 1 aromatic heterocycles. The number of hydrogen-bond donors (Lipinski definition) is 1. The number of benzene rings is 1. The number of anilines is 3. The van der Waals surface area contributed by atoms with Crippen molar-refractivity contribution in [3.8, 4) is 5.75 Å². The lowest BCUT2D eigenvalue weighted by Gasteiger charge is -2.36. The Morgan fingerprint density at radius 3 is 2.60 bits per heavy atom. The van der Waals surface area contributed by atoms with Crippen molar-refractivity contribution in [1.82, 2.24) is 9.97 Å². The zero-order valence-electron chi connectivity index (χ0n) is 16.1. The molecule has 4 rings (SSSR count). The van der Waals surface area contributed by atoms with Gasteiger partial charge in [0.1, 0.15) is 17.3 Å². The number of rotatable bonds is 6. The SMILES string of the molecule is C.C.CCN1C(=O)CN(C)c2nc(NC3CC(COc4ccc(F)cc4)C3)ncc21. The van der Waals surface area contributed by atoms with Gasteiger partial charge in [-0.25, -0.2) is 9.37 Å². The molecule has 1 aliphatic carbocycles. The highest BCUT2D eigenvalue weighted by molar-refractivity contribution is 6.02. The molecule has 1 aromatic carbocycles. The summed E-state index contributed by atoms with van der Waals surface area (Å²) in [5.74, 6) is 2.30. The maximum atomic E-state index is 12.9. The first kappa shape index (κ1) is 23.4. The summed E-state index contributed by atoms with van der Waals surface area (Å²) in [5.41, 5.74) is 0.756. The third kappa shape index (κ3) is 4.80. The van der Waals surface area contributed by atoms with Gasteiger partial charge < -0.3 is 19.9 Å². The van der Waals surface area contributed by atoms with Crippen LogP contribution in [0.3, 0.4) is 0 Å². The van der Waals surface area contributed by atoms with Crippen molar-refractivity contribution in [2.75, 3.05) is 41.9 Å². The van der Waals surface area contributed by atoms with Crippen molar-refractivity contribution >= 4 is 23.4 Å². The molecule has 7 nitrogen and oxygen atoms in total. The van der Waals surface area contributed by atoms with Crippen LogP contribution in [0.25, 0.3) is 0 Å². The van der Waals surface area contributed by atoms with Crippen LogP contribution in [-0.2, 0) is 4.79 Å². The largest absolute Gasteiger partial charge is 0.493 e. The lowest BCUT2D eigenvalue weighted by molar-refractivity contribution is -0.117. The fourth-order valence-corrected chi connectivity index (χ4v) is 3.67. The molecule has 1 amide bonds. The summed E-state index contributed by atoms with van der Waals surface area (Å²) >= 11 is 0. The molecule has 0 saturated heterocycles. The van der Waals surface area contributed by atoms with Crippen molar-refractivity contribution in [3.63, 3.8) is 0 Å². The molecule has 0 spiro atoms. The summed E-state index contributed by atoms with van der Waals surface area (Å²) < 4.78 is 18.6. The number of carbonyl (C=O) groups is 1. The summed E-state index contributed by atoms with van der Waals surface area (Å²) in [5, 5.41) is 3.37. The van der Waals surface area contributed by atoms with Crippen LogP contribution in [0.5, 0.6) is 5.75 Å². The number of nitrogens with zero attached hydrogens (tertiary/aromatic N) is 4. The fraction of sp³-hybridized carbons (Fsp3) is 0.500. The van der Waals surface area contributed by atoms with Crippen LogP contribution < -0.4 is 19.9 Å². The first-order valence-corrected chi connectivity index (χ1v) is 9.57. The number of carbonyl (C=O) groups excluding carboxylic acids is 1. The van der Waals surface area contributed by atoms with E-state index in [1.165, 1.54) is 12.1 Å². The highest BCUT2D eigenvalue weighted by Gasteiger charge is 2.32. The van der Waals surface area contributed by atoms with E-state index in [0.717, 1.165) is 24.3 Å². The van der Waals surface area contributed by atoms with E-state index < -0.39 is 0 Å². The van der Waals surface area contributed by atoms with Gasteiger partial charge in [-0.1, -0.05) is 14.9 Å². The lowest BCUT2D eigenvalue weighted by atomic mass is 9.81. The van der Waals surface area contributed by atoms with E-state index in [2.05, 4.69) is 15.3 Å². The van der Waals surface area contributed by atoms with E-state index >= 15 is 0 Å². The molecule has 2 aromatic rings. The highest BCUT2D eigenvalue weighted by atomic mass is 19.1. The van der Waals surface area contributed by atoms with Gasteiger partial charge in [-0.15, -0.1) is 0 Å². The molecule has 0 atom stereocenters. The van der Waals surface area contributed by atoms with Crippen LogP contribution in [0.4, 0.5) is 21.8 Å².